The van der Waals surface area contributed by atoms with Gasteiger partial charge in [-0.1, -0.05) is 13.8 Å². The molecule has 0 aliphatic carbocycles. The van der Waals surface area contributed by atoms with Crippen LogP contribution in [0.2, 0.25) is 0 Å². The molecule has 0 fully saturated rings. The fourth-order valence-electron chi connectivity index (χ4n) is 1.59. The summed E-state index contributed by atoms with van der Waals surface area (Å²) in [5, 5.41) is 3.17. The quantitative estimate of drug-likeness (QED) is 0.744. The van der Waals surface area contributed by atoms with Crippen molar-refractivity contribution >= 4 is 5.91 Å². The summed E-state index contributed by atoms with van der Waals surface area (Å²) < 4.78 is 0. The second kappa shape index (κ2) is 6.23. The van der Waals surface area contributed by atoms with Gasteiger partial charge in [0.05, 0.1) is 6.04 Å². The summed E-state index contributed by atoms with van der Waals surface area (Å²) in [5.74, 6) is -0.0698. The predicted octanol–water partition coefficient (Wildman–Crippen LogP) is 0.724. The highest BCUT2D eigenvalue weighted by atomic mass is 16.1. The van der Waals surface area contributed by atoms with Gasteiger partial charge in [-0.2, -0.15) is 0 Å². The molecule has 0 aromatic carbocycles. The van der Waals surface area contributed by atoms with Crippen molar-refractivity contribution in [2.24, 2.45) is 11.7 Å². The van der Waals surface area contributed by atoms with Crippen LogP contribution in [-0.2, 0) is 11.2 Å². The summed E-state index contributed by atoms with van der Waals surface area (Å²) in [6.07, 6.45) is 4.41. The van der Waals surface area contributed by atoms with E-state index in [9.17, 15) is 4.79 Å². The number of hydrogen-bond donors (Lipinski definition) is 2. The Morgan fingerprint density at radius 1 is 1.44 bits per heavy atom. The van der Waals surface area contributed by atoms with E-state index in [0.29, 0.717) is 0 Å². The van der Waals surface area contributed by atoms with E-state index in [0.717, 1.165) is 13.0 Å². The Morgan fingerprint density at radius 3 is 2.56 bits per heavy atom. The topological polar surface area (TPSA) is 68.0 Å². The maximum atomic E-state index is 11.1. The Labute approximate surface area is 96.3 Å². The van der Waals surface area contributed by atoms with Crippen molar-refractivity contribution in [1.29, 1.82) is 0 Å². The second-order valence-electron chi connectivity index (χ2n) is 4.18. The van der Waals surface area contributed by atoms with Crippen molar-refractivity contribution < 1.29 is 4.79 Å². The lowest BCUT2D eigenvalue weighted by Gasteiger charge is -2.18. The lowest BCUT2D eigenvalue weighted by atomic mass is 10.0. The van der Waals surface area contributed by atoms with Gasteiger partial charge in [0.2, 0.25) is 5.91 Å². The standard InChI is InChI=1S/C12H19N3O/c1-9(2)11(12(13)16)15-8-5-10-3-6-14-7-4-10/h3-4,6-7,9,11,15H,5,8H2,1-2H3,(H2,13,16). The minimum Gasteiger partial charge on any atom is -0.368 e. The Kier molecular flexibility index (Phi) is 4.92. The zero-order chi connectivity index (χ0) is 12.0. The molecule has 1 unspecified atom stereocenters. The smallest absolute Gasteiger partial charge is 0.234 e. The number of carbonyl (C=O) groups is 1. The first-order valence-corrected chi connectivity index (χ1v) is 5.53. The number of amides is 1. The van der Waals surface area contributed by atoms with E-state index < -0.39 is 0 Å². The fourth-order valence-corrected chi connectivity index (χ4v) is 1.59. The molecule has 1 amide bonds. The van der Waals surface area contributed by atoms with Crippen LogP contribution in [0.5, 0.6) is 0 Å². The molecule has 4 nitrogen and oxygen atoms in total. The largest absolute Gasteiger partial charge is 0.368 e. The van der Waals surface area contributed by atoms with Crippen LogP contribution in [0.4, 0.5) is 0 Å². The summed E-state index contributed by atoms with van der Waals surface area (Å²) in [6.45, 7) is 4.71. The Bertz CT molecular complexity index is 324. The first-order valence-electron chi connectivity index (χ1n) is 5.53. The average molecular weight is 221 g/mol. The van der Waals surface area contributed by atoms with Gasteiger partial charge in [-0.3, -0.25) is 9.78 Å². The van der Waals surface area contributed by atoms with Crippen LogP contribution in [0.25, 0.3) is 0 Å². The molecule has 0 radical (unpaired) electrons. The number of nitrogens with two attached hydrogens (primary N) is 1. The van der Waals surface area contributed by atoms with Gasteiger partial charge in [0.25, 0.3) is 0 Å². The van der Waals surface area contributed by atoms with Gasteiger partial charge in [-0.25, -0.2) is 0 Å². The highest BCUT2D eigenvalue weighted by molar-refractivity contribution is 5.80. The summed E-state index contributed by atoms with van der Waals surface area (Å²) in [6, 6.07) is 3.69. The summed E-state index contributed by atoms with van der Waals surface area (Å²) in [4.78, 5) is 15.1. The van der Waals surface area contributed by atoms with Crippen molar-refractivity contribution in [2.45, 2.75) is 26.3 Å². The van der Waals surface area contributed by atoms with E-state index in [1.807, 2.05) is 26.0 Å². The van der Waals surface area contributed by atoms with E-state index in [1.54, 1.807) is 12.4 Å². The van der Waals surface area contributed by atoms with E-state index in [4.69, 9.17) is 5.73 Å². The van der Waals surface area contributed by atoms with Crippen molar-refractivity contribution in [3.05, 3.63) is 30.1 Å². The molecule has 1 aromatic heterocycles. The van der Waals surface area contributed by atoms with Gasteiger partial charge in [-0.15, -0.1) is 0 Å². The van der Waals surface area contributed by atoms with Crippen molar-refractivity contribution in [3.63, 3.8) is 0 Å². The molecule has 0 aliphatic heterocycles. The molecular weight excluding hydrogens is 202 g/mol. The van der Waals surface area contributed by atoms with Crippen molar-refractivity contribution in [2.75, 3.05) is 6.54 Å². The molecule has 0 spiro atoms. The third-order valence-corrected chi connectivity index (χ3v) is 2.50. The number of carbonyl (C=O) groups excluding carboxylic acids is 1. The molecule has 1 heterocycles. The number of nitrogens with one attached hydrogen (secondary N) is 1. The summed E-state index contributed by atoms with van der Waals surface area (Å²) in [5.41, 5.74) is 6.51. The van der Waals surface area contributed by atoms with E-state index >= 15 is 0 Å². The number of hydrogen-bond acceptors (Lipinski definition) is 3. The normalized spacial score (nSPS) is 12.7. The second-order valence-corrected chi connectivity index (χ2v) is 4.18. The monoisotopic (exact) mass is 221 g/mol. The third kappa shape index (κ3) is 3.98. The first-order chi connectivity index (χ1) is 7.61. The Balaban J connectivity index is 2.37. The lowest BCUT2D eigenvalue weighted by molar-refractivity contribution is -0.120. The number of primary amides is 1. The van der Waals surface area contributed by atoms with Gasteiger partial charge < -0.3 is 11.1 Å². The maximum Gasteiger partial charge on any atom is 0.234 e. The van der Waals surface area contributed by atoms with Crippen molar-refractivity contribution in [3.8, 4) is 0 Å². The third-order valence-electron chi connectivity index (χ3n) is 2.50. The van der Waals surface area contributed by atoms with E-state index in [2.05, 4.69) is 10.3 Å². The van der Waals surface area contributed by atoms with Crippen LogP contribution in [0.15, 0.2) is 24.5 Å². The molecule has 0 bridgehead atoms. The molecule has 0 saturated heterocycles. The molecule has 16 heavy (non-hydrogen) atoms. The molecule has 0 aliphatic rings. The predicted molar refractivity (Wildman–Crippen MR) is 63.8 cm³/mol. The number of nitrogens with zero attached hydrogens (tertiary/aromatic N) is 1. The highest BCUT2D eigenvalue weighted by Gasteiger charge is 2.17. The van der Waals surface area contributed by atoms with Gasteiger partial charge in [0, 0.05) is 12.4 Å². The minimum absolute atomic E-state index is 0.218. The van der Waals surface area contributed by atoms with Gasteiger partial charge >= 0.3 is 0 Å². The molecule has 0 saturated carbocycles. The zero-order valence-corrected chi connectivity index (χ0v) is 9.81. The van der Waals surface area contributed by atoms with Crippen molar-refractivity contribution in [1.82, 2.24) is 10.3 Å². The molecule has 3 N–H and O–H groups in total. The fraction of sp³-hybridized carbons (Fsp3) is 0.500. The Morgan fingerprint density at radius 2 is 2.06 bits per heavy atom. The van der Waals surface area contributed by atoms with Crippen LogP contribution in [0, 0.1) is 5.92 Å². The molecule has 4 heteroatoms. The highest BCUT2D eigenvalue weighted by Crippen LogP contribution is 2.01. The number of aromatic nitrogens is 1. The van der Waals surface area contributed by atoms with E-state index in [1.165, 1.54) is 5.56 Å². The number of rotatable bonds is 6. The van der Waals surface area contributed by atoms with Gasteiger partial charge in [0.15, 0.2) is 0 Å². The molecule has 1 atom stereocenters. The zero-order valence-electron chi connectivity index (χ0n) is 9.81. The summed E-state index contributed by atoms with van der Waals surface area (Å²) >= 11 is 0. The lowest BCUT2D eigenvalue weighted by Crippen LogP contribution is -2.45. The van der Waals surface area contributed by atoms with E-state index in [-0.39, 0.29) is 17.9 Å². The Hall–Kier alpha value is -1.42. The van der Waals surface area contributed by atoms with Gasteiger partial charge in [0.1, 0.15) is 0 Å². The maximum absolute atomic E-state index is 11.1. The molecule has 1 rings (SSSR count). The van der Waals surface area contributed by atoms with Crippen LogP contribution in [0.1, 0.15) is 19.4 Å². The summed E-state index contributed by atoms with van der Waals surface area (Å²) in [7, 11) is 0. The van der Waals surface area contributed by atoms with Crippen LogP contribution in [-0.4, -0.2) is 23.5 Å². The van der Waals surface area contributed by atoms with Crippen LogP contribution < -0.4 is 11.1 Å². The van der Waals surface area contributed by atoms with Gasteiger partial charge in [-0.05, 0) is 36.6 Å². The number of pyridine rings is 1. The SMILES string of the molecule is CC(C)C(NCCc1ccncc1)C(N)=O. The van der Waals surface area contributed by atoms with Crippen LogP contribution >= 0.6 is 0 Å². The molecule has 88 valence electrons. The minimum atomic E-state index is -0.287. The molecule has 1 aromatic rings. The average Bonchev–Trinajstić information content (AvgIpc) is 2.24. The van der Waals surface area contributed by atoms with Crippen LogP contribution in [0.3, 0.4) is 0 Å². The first kappa shape index (κ1) is 12.6. The molecular formula is C12H19N3O.